The fourth-order valence-electron chi connectivity index (χ4n) is 2.68. The minimum Gasteiger partial charge on any atom is -0.0859 e. The summed E-state index contributed by atoms with van der Waals surface area (Å²) >= 11 is 0. The average Bonchev–Trinajstić information content (AvgIpc) is 2.34. The van der Waals surface area contributed by atoms with Gasteiger partial charge in [-0.05, 0) is 38.5 Å². The molecular formula is C19H38. The van der Waals surface area contributed by atoms with E-state index in [4.69, 9.17) is 0 Å². The van der Waals surface area contributed by atoms with E-state index in [0.717, 1.165) is 11.8 Å². The van der Waals surface area contributed by atoms with Crippen molar-refractivity contribution in [2.45, 2.75) is 98.8 Å². The molecule has 0 aliphatic heterocycles. The third kappa shape index (κ3) is 14.0. The van der Waals surface area contributed by atoms with Crippen LogP contribution in [-0.4, -0.2) is 0 Å². The van der Waals surface area contributed by atoms with Crippen molar-refractivity contribution < 1.29 is 0 Å². The molecule has 0 aliphatic carbocycles. The van der Waals surface area contributed by atoms with E-state index in [-0.39, 0.29) is 0 Å². The lowest BCUT2D eigenvalue weighted by Gasteiger charge is -2.14. The van der Waals surface area contributed by atoms with Gasteiger partial charge in [-0.25, -0.2) is 0 Å². The van der Waals surface area contributed by atoms with Crippen molar-refractivity contribution in [2.24, 2.45) is 11.8 Å². The molecule has 0 nitrogen and oxygen atoms in total. The fraction of sp³-hybridized carbons (Fsp3) is 0.895. The van der Waals surface area contributed by atoms with Gasteiger partial charge in [0.2, 0.25) is 0 Å². The molecule has 0 aliphatic rings. The van der Waals surface area contributed by atoms with Crippen LogP contribution in [0.5, 0.6) is 0 Å². The average molecular weight is 267 g/mol. The summed E-state index contributed by atoms with van der Waals surface area (Å²) in [6.07, 6.45) is 16.5. The van der Waals surface area contributed by atoms with Crippen LogP contribution in [0.1, 0.15) is 98.8 Å². The van der Waals surface area contributed by atoms with Crippen molar-refractivity contribution in [1.29, 1.82) is 0 Å². The Morgan fingerprint density at radius 2 is 1.37 bits per heavy atom. The third-order valence-electron chi connectivity index (χ3n) is 4.16. The molecule has 0 amide bonds. The first-order valence-corrected chi connectivity index (χ1v) is 8.69. The second-order valence-electron chi connectivity index (χ2n) is 6.85. The maximum atomic E-state index is 2.44. The van der Waals surface area contributed by atoms with Gasteiger partial charge in [0.1, 0.15) is 0 Å². The monoisotopic (exact) mass is 266 g/mol. The minimum absolute atomic E-state index is 0.905. The summed E-state index contributed by atoms with van der Waals surface area (Å²) in [6.45, 7) is 11.6. The van der Waals surface area contributed by atoms with Gasteiger partial charge in [0.15, 0.2) is 0 Å². The second kappa shape index (κ2) is 12.8. The summed E-state index contributed by atoms with van der Waals surface area (Å²) in [6, 6.07) is 0. The van der Waals surface area contributed by atoms with E-state index in [1.54, 1.807) is 0 Å². The predicted molar refractivity (Wildman–Crippen MR) is 89.6 cm³/mol. The zero-order valence-corrected chi connectivity index (χ0v) is 14.3. The van der Waals surface area contributed by atoms with E-state index >= 15 is 0 Å². The van der Waals surface area contributed by atoms with Gasteiger partial charge in [0.05, 0.1) is 0 Å². The molecule has 0 radical (unpaired) electrons. The van der Waals surface area contributed by atoms with Crippen molar-refractivity contribution in [1.82, 2.24) is 0 Å². The lowest BCUT2D eigenvalue weighted by atomic mass is 9.92. The molecule has 0 heterocycles. The molecule has 114 valence electrons. The molecule has 0 saturated heterocycles. The first kappa shape index (κ1) is 18.7. The summed E-state index contributed by atoms with van der Waals surface area (Å²) in [5.74, 6) is 1.85. The fourth-order valence-corrected chi connectivity index (χ4v) is 2.68. The van der Waals surface area contributed by atoms with Crippen molar-refractivity contribution >= 4 is 0 Å². The van der Waals surface area contributed by atoms with Crippen molar-refractivity contribution in [2.75, 3.05) is 0 Å². The van der Waals surface area contributed by atoms with Gasteiger partial charge in [-0.3, -0.25) is 0 Å². The van der Waals surface area contributed by atoms with Gasteiger partial charge >= 0.3 is 0 Å². The van der Waals surface area contributed by atoms with Crippen LogP contribution in [-0.2, 0) is 0 Å². The topological polar surface area (TPSA) is 0 Å². The molecule has 0 spiro atoms. The molecule has 0 aromatic carbocycles. The molecule has 0 saturated carbocycles. The lowest BCUT2D eigenvalue weighted by Crippen LogP contribution is -1.99. The molecule has 0 unspecified atom stereocenters. The highest BCUT2D eigenvalue weighted by Crippen LogP contribution is 2.20. The highest BCUT2D eigenvalue weighted by molar-refractivity contribution is 4.92. The SMILES string of the molecule is CCCCCC[C@@H](C)CCC[C@@H](C)CCC=C(C)C. The Labute approximate surface area is 123 Å². The zero-order valence-electron chi connectivity index (χ0n) is 14.3. The maximum absolute atomic E-state index is 2.44. The second-order valence-corrected chi connectivity index (χ2v) is 6.85. The molecule has 0 aromatic rings. The Morgan fingerprint density at radius 1 is 0.789 bits per heavy atom. The first-order chi connectivity index (χ1) is 9.06. The summed E-state index contributed by atoms with van der Waals surface area (Å²) in [4.78, 5) is 0. The van der Waals surface area contributed by atoms with Crippen LogP contribution in [0.3, 0.4) is 0 Å². The zero-order chi connectivity index (χ0) is 14.5. The molecule has 2 atom stereocenters. The van der Waals surface area contributed by atoms with Crippen LogP contribution >= 0.6 is 0 Å². The highest BCUT2D eigenvalue weighted by Gasteiger charge is 2.05. The number of unbranched alkanes of at least 4 members (excludes halogenated alkanes) is 3. The third-order valence-corrected chi connectivity index (χ3v) is 4.16. The smallest absolute Gasteiger partial charge is 0.0346 e. The van der Waals surface area contributed by atoms with Crippen LogP contribution in [0.15, 0.2) is 11.6 Å². The van der Waals surface area contributed by atoms with Gasteiger partial charge in [-0.1, -0.05) is 83.8 Å². The van der Waals surface area contributed by atoms with Gasteiger partial charge in [0.25, 0.3) is 0 Å². The number of hydrogen-bond donors (Lipinski definition) is 0. The van der Waals surface area contributed by atoms with Gasteiger partial charge < -0.3 is 0 Å². The van der Waals surface area contributed by atoms with E-state index in [0.29, 0.717) is 0 Å². The Hall–Kier alpha value is -0.260. The van der Waals surface area contributed by atoms with E-state index in [1.807, 2.05) is 0 Å². The molecule has 0 N–H and O–H groups in total. The van der Waals surface area contributed by atoms with Crippen LogP contribution < -0.4 is 0 Å². The molecule has 0 heteroatoms. The molecule has 0 rings (SSSR count). The van der Waals surface area contributed by atoms with E-state index < -0.39 is 0 Å². The Bertz CT molecular complexity index is 210. The van der Waals surface area contributed by atoms with Gasteiger partial charge in [0, 0.05) is 0 Å². The van der Waals surface area contributed by atoms with Gasteiger partial charge in [-0.15, -0.1) is 0 Å². The van der Waals surface area contributed by atoms with Crippen molar-refractivity contribution in [3.8, 4) is 0 Å². The predicted octanol–water partition coefficient (Wildman–Crippen LogP) is 7.15. The standard InChI is InChI=1S/C19H38/c1-6-7-8-9-13-18(4)15-11-16-19(5)14-10-12-17(2)3/h12,18-19H,6-11,13-16H2,1-5H3/t18-,19+/m1/s1. The summed E-state index contributed by atoms with van der Waals surface area (Å²) in [7, 11) is 0. The largest absolute Gasteiger partial charge is 0.0859 e. The number of allylic oxidation sites excluding steroid dienone is 2. The molecule has 0 bridgehead atoms. The van der Waals surface area contributed by atoms with E-state index in [9.17, 15) is 0 Å². The van der Waals surface area contributed by atoms with Crippen molar-refractivity contribution in [3.63, 3.8) is 0 Å². The Balaban J connectivity index is 3.42. The Kier molecular flexibility index (Phi) is 12.6. The van der Waals surface area contributed by atoms with E-state index in [2.05, 4.69) is 40.7 Å². The quantitative estimate of drug-likeness (QED) is 0.260. The molecule has 0 aromatic heterocycles. The van der Waals surface area contributed by atoms with Crippen molar-refractivity contribution in [3.05, 3.63) is 11.6 Å². The highest BCUT2D eigenvalue weighted by atomic mass is 14.1. The lowest BCUT2D eigenvalue weighted by molar-refractivity contribution is 0.401. The minimum atomic E-state index is 0.905. The summed E-state index contributed by atoms with van der Waals surface area (Å²) in [5, 5.41) is 0. The van der Waals surface area contributed by atoms with E-state index in [1.165, 1.54) is 69.8 Å². The molecule has 19 heavy (non-hydrogen) atoms. The number of rotatable bonds is 12. The number of hydrogen-bond acceptors (Lipinski definition) is 0. The maximum Gasteiger partial charge on any atom is -0.0346 e. The molecular weight excluding hydrogens is 228 g/mol. The summed E-state index contributed by atoms with van der Waals surface area (Å²) in [5.41, 5.74) is 1.47. The Morgan fingerprint density at radius 3 is 1.95 bits per heavy atom. The van der Waals surface area contributed by atoms with Crippen LogP contribution in [0.4, 0.5) is 0 Å². The molecule has 0 fully saturated rings. The van der Waals surface area contributed by atoms with Crippen LogP contribution in [0, 0.1) is 11.8 Å². The van der Waals surface area contributed by atoms with Crippen LogP contribution in [0.25, 0.3) is 0 Å². The normalized spacial score (nSPS) is 14.2. The van der Waals surface area contributed by atoms with Gasteiger partial charge in [-0.2, -0.15) is 0 Å². The van der Waals surface area contributed by atoms with Crippen LogP contribution in [0.2, 0.25) is 0 Å². The summed E-state index contributed by atoms with van der Waals surface area (Å²) < 4.78 is 0. The first-order valence-electron chi connectivity index (χ1n) is 8.69.